The summed E-state index contributed by atoms with van der Waals surface area (Å²) in [5.41, 5.74) is 5.25. The molecule has 10 nitrogen and oxygen atoms in total. The van der Waals surface area contributed by atoms with Crippen LogP contribution in [0.3, 0.4) is 0 Å². The number of carbonyl (C=O) groups is 4. The number of unbranched alkanes of at least 4 members (excludes halogenated alkanes) is 1. The molecule has 1 aliphatic carbocycles. The molecule has 0 aliphatic heterocycles. The van der Waals surface area contributed by atoms with Crippen molar-refractivity contribution in [3.8, 4) is 11.1 Å². The second kappa shape index (κ2) is 18.3. The molecule has 0 unspecified atom stereocenters. The molecule has 0 aromatic heterocycles. The standard InChI is InChI=1S/C46H47N3O7/c1-31(2)55-44(52)48-29-15-14-24-41(49-45(53)54-30-40-38-22-12-10-20-36(38)37-21-11-13-23-39(37)40)43(51)56-46(33-16-6-4-7-17-33,34-18-8-5-9-19-34)35-27-25-32(26-28-35)42(50)47-3/h4-13,16-23,25-28,31,40-41H,14-15,24,29-30H2,1-3H3,(H,47,50)(H,48,52)(H,49,53)/t41-/m0/s1. The van der Waals surface area contributed by atoms with Crippen molar-refractivity contribution < 1.29 is 33.4 Å². The molecule has 10 heteroatoms. The fraction of sp³-hybridized carbons (Fsp3) is 0.261. The van der Waals surface area contributed by atoms with Crippen molar-refractivity contribution >= 4 is 24.1 Å². The number of carbonyl (C=O) groups excluding carboxylic acids is 4. The van der Waals surface area contributed by atoms with E-state index in [1.807, 2.05) is 97.1 Å². The molecule has 6 rings (SSSR count). The Hall–Kier alpha value is -6.42. The van der Waals surface area contributed by atoms with Crippen molar-refractivity contribution in [1.29, 1.82) is 0 Å². The van der Waals surface area contributed by atoms with E-state index >= 15 is 0 Å². The predicted molar refractivity (Wildman–Crippen MR) is 214 cm³/mol. The van der Waals surface area contributed by atoms with Crippen LogP contribution in [0, 0.1) is 0 Å². The number of amides is 3. The molecule has 0 saturated carbocycles. The molecular weight excluding hydrogens is 707 g/mol. The lowest BCUT2D eigenvalue weighted by molar-refractivity contribution is -0.156. The van der Waals surface area contributed by atoms with Crippen LogP contribution in [0.1, 0.15) is 77.2 Å². The summed E-state index contributed by atoms with van der Waals surface area (Å²) < 4.78 is 17.7. The predicted octanol–water partition coefficient (Wildman–Crippen LogP) is 8.09. The van der Waals surface area contributed by atoms with Crippen molar-refractivity contribution in [2.75, 3.05) is 20.2 Å². The highest BCUT2D eigenvalue weighted by molar-refractivity contribution is 5.94. The highest BCUT2D eigenvalue weighted by Gasteiger charge is 2.42. The Morgan fingerprint density at radius 3 is 1.75 bits per heavy atom. The molecule has 0 radical (unpaired) electrons. The maximum Gasteiger partial charge on any atom is 0.407 e. The lowest BCUT2D eigenvalue weighted by atomic mass is 9.79. The Balaban J connectivity index is 1.28. The largest absolute Gasteiger partial charge is 0.449 e. The van der Waals surface area contributed by atoms with Crippen LogP contribution in [0.5, 0.6) is 0 Å². The van der Waals surface area contributed by atoms with Gasteiger partial charge in [0.05, 0.1) is 6.10 Å². The van der Waals surface area contributed by atoms with Gasteiger partial charge < -0.3 is 30.2 Å². The minimum atomic E-state index is -1.47. The van der Waals surface area contributed by atoms with Gasteiger partial charge in [0, 0.05) is 41.8 Å². The van der Waals surface area contributed by atoms with Gasteiger partial charge in [-0.3, -0.25) is 4.79 Å². The van der Waals surface area contributed by atoms with E-state index in [-0.39, 0.29) is 31.0 Å². The number of alkyl carbamates (subject to hydrolysis) is 2. The molecule has 3 N–H and O–H groups in total. The molecule has 0 fully saturated rings. The quantitative estimate of drug-likeness (QED) is 0.0426. The number of esters is 1. The summed E-state index contributed by atoms with van der Waals surface area (Å²) in [6.45, 7) is 3.92. The van der Waals surface area contributed by atoms with Crippen LogP contribution in [0.2, 0.25) is 0 Å². The highest BCUT2D eigenvalue weighted by Crippen LogP contribution is 2.45. The van der Waals surface area contributed by atoms with Gasteiger partial charge in [-0.15, -0.1) is 0 Å². The minimum absolute atomic E-state index is 0.0686. The van der Waals surface area contributed by atoms with E-state index in [0.717, 1.165) is 22.3 Å². The van der Waals surface area contributed by atoms with E-state index < -0.39 is 29.8 Å². The Morgan fingerprint density at radius 2 is 1.20 bits per heavy atom. The summed E-state index contributed by atoms with van der Waals surface area (Å²) in [5.74, 6) is -1.11. The van der Waals surface area contributed by atoms with Crippen LogP contribution in [-0.2, 0) is 24.6 Å². The Labute approximate surface area is 327 Å². The first kappa shape index (κ1) is 39.3. The minimum Gasteiger partial charge on any atom is -0.449 e. The lowest BCUT2D eigenvalue weighted by Gasteiger charge is -2.36. The normalized spacial score (nSPS) is 12.5. The monoisotopic (exact) mass is 753 g/mol. The summed E-state index contributed by atoms with van der Waals surface area (Å²) in [4.78, 5) is 52.9. The van der Waals surface area contributed by atoms with Crippen molar-refractivity contribution in [2.45, 2.75) is 56.8 Å². The first-order valence-electron chi connectivity index (χ1n) is 18.9. The van der Waals surface area contributed by atoms with Gasteiger partial charge in [-0.2, -0.15) is 0 Å². The Bertz CT molecular complexity index is 2040. The first-order chi connectivity index (χ1) is 27.2. The van der Waals surface area contributed by atoms with Crippen molar-refractivity contribution in [3.05, 3.63) is 167 Å². The smallest absolute Gasteiger partial charge is 0.407 e. The zero-order chi connectivity index (χ0) is 39.5. The molecule has 0 spiro atoms. The third-order valence-electron chi connectivity index (χ3n) is 9.85. The van der Waals surface area contributed by atoms with Gasteiger partial charge >= 0.3 is 18.2 Å². The molecule has 56 heavy (non-hydrogen) atoms. The number of benzene rings is 5. The molecule has 0 saturated heterocycles. The van der Waals surface area contributed by atoms with Gasteiger partial charge in [0.2, 0.25) is 0 Å². The summed E-state index contributed by atoms with van der Waals surface area (Å²) >= 11 is 0. The van der Waals surface area contributed by atoms with E-state index in [4.69, 9.17) is 14.2 Å². The molecule has 5 aromatic rings. The van der Waals surface area contributed by atoms with Crippen molar-refractivity contribution in [3.63, 3.8) is 0 Å². The lowest BCUT2D eigenvalue weighted by Crippen LogP contribution is -2.46. The molecule has 0 bridgehead atoms. The highest BCUT2D eigenvalue weighted by atomic mass is 16.6. The number of ether oxygens (including phenoxy) is 3. The second-order valence-corrected chi connectivity index (χ2v) is 13.9. The summed E-state index contributed by atoms with van der Waals surface area (Å²) in [6.07, 6.45) is -0.384. The van der Waals surface area contributed by atoms with E-state index in [1.165, 1.54) is 0 Å². The summed E-state index contributed by atoms with van der Waals surface area (Å²) in [6, 6.07) is 40.7. The van der Waals surface area contributed by atoms with Crippen LogP contribution < -0.4 is 16.0 Å². The maximum atomic E-state index is 14.7. The fourth-order valence-corrected chi connectivity index (χ4v) is 7.20. The van der Waals surface area contributed by atoms with Gasteiger partial charge in [0.15, 0.2) is 5.60 Å². The summed E-state index contributed by atoms with van der Waals surface area (Å²) in [7, 11) is 1.56. The molecule has 5 aromatic carbocycles. The maximum absolute atomic E-state index is 14.7. The SMILES string of the molecule is CNC(=O)c1ccc(C(OC(=O)[C@H](CCCCNC(=O)OC(C)C)NC(=O)OCC2c3ccccc3-c3ccccc32)(c2ccccc2)c2ccccc2)cc1. The van der Waals surface area contributed by atoms with Crippen LogP contribution in [0.15, 0.2) is 133 Å². The van der Waals surface area contributed by atoms with Crippen molar-refractivity contribution in [2.24, 2.45) is 0 Å². The van der Waals surface area contributed by atoms with Gasteiger partial charge in [-0.25, -0.2) is 14.4 Å². The molecule has 1 atom stereocenters. The first-order valence-corrected chi connectivity index (χ1v) is 18.9. The van der Waals surface area contributed by atoms with E-state index in [9.17, 15) is 19.2 Å². The number of hydrogen-bond donors (Lipinski definition) is 3. The zero-order valence-electron chi connectivity index (χ0n) is 31.8. The second-order valence-electron chi connectivity index (χ2n) is 13.9. The third-order valence-corrected chi connectivity index (χ3v) is 9.85. The van der Waals surface area contributed by atoms with Gasteiger partial charge in [0.25, 0.3) is 5.91 Å². The van der Waals surface area contributed by atoms with Crippen molar-refractivity contribution in [1.82, 2.24) is 16.0 Å². The number of hydrogen-bond acceptors (Lipinski definition) is 7. The Morgan fingerprint density at radius 1 is 0.661 bits per heavy atom. The molecule has 288 valence electrons. The van der Waals surface area contributed by atoms with Gasteiger partial charge in [-0.05, 0) is 67.5 Å². The molecule has 3 amide bonds. The van der Waals surface area contributed by atoms with Gasteiger partial charge in [0.1, 0.15) is 12.6 Å². The third kappa shape index (κ3) is 8.92. The van der Waals surface area contributed by atoms with E-state index in [1.54, 1.807) is 45.2 Å². The average Bonchev–Trinajstić information content (AvgIpc) is 3.55. The Kier molecular flexibility index (Phi) is 12.8. The van der Waals surface area contributed by atoms with Crippen LogP contribution in [-0.4, -0.2) is 56.4 Å². The van der Waals surface area contributed by atoms with Gasteiger partial charge in [-0.1, -0.05) is 121 Å². The van der Waals surface area contributed by atoms with Crippen LogP contribution >= 0.6 is 0 Å². The average molecular weight is 754 g/mol. The van der Waals surface area contributed by atoms with Crippen LogP contribution in [0.25, 0.3) is 11.1 Å². The zero-order valence-corrected chi connectivity index (χ0v) is 31.8. The summed E-state index contributed by atoms with van der Waals surface area (Å²) in [5, 5.41) is 8.19. The molecular formula is C46H47N3O7. The van der Waals surface area contributed by atoms with E-state index in [0.29, 0.717) is 41.6 Å². The molecule has 1 aliphatic rings. The molecule has 0 heterocycles. The number of nitrogens with one attached hydrogen (secondary N) is 3. The topological polar surface area (TPSA) is 132 Å². The van der Waals surface area contributed by atoms with E-state index in [2.05, 4.69) is 28.1 Å². The number of fused-ring (bicyclic) bond motifs is 3. The van der Waals surface area contributed by atoms with Crippen LogP contribution in [0.4, 0.5) is 9.59 Å². The fourth-order valence-electron chi connectivity index (χ4n) is 7.20. The number of rotatable bonds is 15.